The van der Waals surface area contributed by atoms with E-state index in [1.54, 1.807) is 14.0 Å². The molecule has 0 aliphatic carbocycles. The van der Waals surface area contributed by atoms with E-state index in [0.29, 0.717) is 11.4 Å². The molecule has 0 unspecified atom stereocenters. The number of nitrogens with zero attached hydrogens (tertiary/aromatic N) is 2. The molecule has 0 aliphatic heterocycles. The molecule has 0 saturated heterocycles. The maximum Gasteiger partial charge on any atom is 0.405 e. The number of hydrogen-bond donors (Lipinski definition) is 2. The molecule has 0 aromatic carbocycles. The maximum atomic E-state index is 11.9. The van der Waals surface area contributed by atoms with Crippen LogP contribution in [0.4, 0.5) is 24.9 Å². The fraction of sp³-hybridized carbons (Fsp3) is 0.500. The van der Waals surface area contributed by atoms with Crippen molar-refractivity contribution >= 4 is 23.4 Å². The van der Waals surface area contributed by atoms with Crippen molar-refractivity contribution in [1.29, 1.82) is 0 Å². The second kappa shape index (κ2) is 4.73. The van der Waals surface area contributed by atoms with Crippen molar-refractivity contribution in [3.05, 3.63) is 10.7 Å². The van der Waals surface area contributed by atoms with Gasteiger partial charge in [-0.2, -0.15) is 18.2 Å². The van der Waals surface area contributed by atoms with Gasteiger partial charge in [-0.15, -0.1) is 0 Å². The van der Waals surface area contributed by atoms with Gasteiger partial charge >= 0.3 is 6.18 Å². The second-order valence-electron chi connectivity index (χ2n) is 3.03. The topological polar surface area (TPSA) is 49.8 Å². The number of aromatic nitrogens is 2. The summed E-state index contributed by atoms with van der Waals surface area (Å²) in [4.78, 5) is 7.52. The number of alkyl halides is 3. The zero-order valence-corrected chi connectivity index (χ0v) is 9.37. The summed E-state index contributed by atoms with van der Waals surface area (Å²) in [5.74, 6) is 0.238. The van der Waals surface area contributed by atoms with Gasteiger partial charge in [0.1, 0.15) is 17.5 Å². The predicted octanol–water partition coefficient (Wildman–Crippen LogP) is 2.45. The Kier molecular flexibility index (Phi) is 3.79. The van der Waals surface area contributed by atoms with Crippen molar-refractivity contribution in [2.45, 2.75) is 13.1 Å². The molecule has 16 heavy (non-hydrogen) atoms. The largest absolute Gasteiger partial charge is 0.405 e. The van der Waals surface area contributed by atoms with Crippen molar-refractivity contribution in [3.63, 3.8) is 0 Å². The quantitative estimate of drug-likeness (QED) is 0.814. The van der Waals surface area contributed by atoms with Crippen LogP contribution in [0.2, 0.25) is 5.15 Å². The smallest absolute Gasteiger partial charge is 0.373 e. The van der Waals surface area contributed by atoms with Gasteiger partial charge in [-0.1, -0.05) is 11.6 Å². The van der Waals surface area contributed by atoms with E-state index in [1.807, 2.05) is 0 Å². The SMILES string of the molecule is CNc1nc(NCC(F)(F)F)nc(Cl)c1C. The molecule has 1 rings (SSSR count). The highest BCUT2D eigenvalue weighted by Gasteiger charge is 2.27. The minimum Gasteiger partial charge on any atom is -0.373 e. The number of nitrogens with one attached hydrogen (secondary N) is 2. The first-order valence-electron chi connectivity index (χ1n) is 4.36. The lowest BCUT2D eigenvalue weighted by Gasteiger charge is -2.11. The third-order valence-corrected chi connectivity index (χ3v) is 2.14. The highest BCUT2D eigenvalue weighted by Crippen LogP contribution is 2.22. The summed E-state index contributed by atoms with van der Waals surface area (Å²) in [6.45, 7) is 0.469. The fourth-order valence-corrected chi connectivity index (χ4v) is 1.16. The predicted molar refractivity (Wildman–Crippen MR) is 55.9 cm³/mol. The van der Waals surface area contributed by atoms with E-state index in [1.165, 1.54) is 0 Å². The van der Waals surface area contributed by atoms with E-state index in [-0.39, 0.29) is 11.1 Å². The van der Waals surface area contributed by atoms with Crippen molar-refractivity contribution in [2.24, 2.45) is 0 Å². The Hall–Kier alpha value is -1.24. The van der Waals surface area contributed by atoms with E-state index >= 15 is 0 Å². The van der Waals surface area contributed by atoms with Crippen molar-refractivity contribution < 1.29 is 13.2 Å². The monoisotopic (exact) mass is 254 g/mol. The van der Waals surface area contributed by atoms with E-state index < -0.39 is 12.7 Å². The highest BCUT2D eigenvalue weighted by atomic mass is 35.5. The van der Waals surface area contributed by atoms with E-state index in [2.05, 4.69) is 20.6 Å². The van der Waals surface area contributed by atoms with Crippen LogP contribution < -0.4 is 10.6 Å². The van der Waals surface area contributed by atoms with E-state index in [9.17, 15) is 13.2 Å². The third kappa shape index (κ3) is 3.41. The van der Waals surface area contributed by atoms with Crippen LogP contribution in [0.3, 0.4) is 0 Å². The zero-order chi connectivity index (χ0) is 12.3. The van der Waals surface area contributed by atoms with Gasteiger partial charge in [0.05, 0.1) is 0 Å². The Labute approximate surface area is 95.2 Å². The van der Waals surface area contributed by atoms with Crippen LogP contribution in [0, 0.1) is 6.92 Å². The van der Waals surface area contributed by atoms with Crippen LogP contribution in [0.5, 0.6) is 0 Å². The molecule has 0 saturated carbocycles. The molecule has 8 heteroatoms. The Balaban J connectivity index is 2.86. The van der Waals surface area contributed by atoms with Crippen LogP contribution in [0.1, 0.15) is 5.56 Å². The fourth-order valence-electron chi connectivity index (χ4n) is 0.991. The summed E-state index contributed by atoms with van der Waals surface area (Å²) in [6, 6.07) is 0. The molecule has 0 radical (unpaired) electrons. The molecule has 4 nitrogen and oxygen atoms in total. The molecular formula is C8H10ClF3N4. The number of anilines is 2. The Morgan fingerprint density at radius 2 is 1.94 bits per heavy atom. The standard InChI is InChI=1S/C8H10ClF3N4/c1-4-5(9)15-7(16-6(4)13-2)14-3-8(10,11)12/h3H2,1-2H3,(H2,13,14,15,16). The van der Waals surface area contributed by atoms with Gasteiger partial charge < -0.3 is 10.6 Å². The minimum atomic E-state index is -4.32. The minimum absolute atomic E-state index is 0.115. The normalized spacial score (nSPS) is 11.4. The van der Waals surface area contributed by atoms with Crippen molar-refractivity contribution in [1.82, 2.24) is 9.97 Å². The zero-order valence-electron chi connectivity index (χ0n) is 8.61. The van der Waals surface area contributed by atoms with Crippen LogP contribution in [0.25, 0.3) is 0 Å². The van der Waals surface area contributed by atoms with Crippen LogP contribution >= 0.6 is 11.6 Å². The van der Waals surface area contributed by atoms with Gasteiger partial charge in [-0.05, 0) is 6.92 Å². The van der Waals surface area contributed by atoms with E-state index in [4.69, 9.17) is 11.6 Å². The summed E-state index contributed by atoms with van der Waals surface area (Å²) in [6.07, 6.45) is -4.32. The highest BCUT2D eigenvalue weighted by molar-refractivity contribution is 6.30. The molecule has 0 spiro atoms. The maximum absolute atomic E-state index is 11.9. The van der Waals surface area contributed by atoms with Gasteiger partial charge in [-0.25, -0.2) is 4.98 Å². The van der Waals surface area contributed by atoms with Gasteiger partial charge in [0.25, 0.3) is 0 Å². The molecule has 1 heterocycles. The summed E-state index contributed by atoms with van der Waals surface area (Å²) < 4.78 is 35.8. The number of hydrogen-bond acceptors (Lipinski definition) is 4. The first-order chi connectivity index (χ1) is 7.33. The average Bonchev–Trinajstić information content (AvgIpc) is 2.18. The van der Waals surface area contributed by atoms with Gasteiger partial charge in [0.2, 0.25) is 5.95 Å². The van der Waals surface area contributed by atoms with Crippen LogP contribution in [-0.4, -0.2) is 29.7 Å². The first-order valence-corrected chi connectivity index (χ1v) is 4.74. The molecule has 0 bridgehead atoms. The molecule has 0 atom stereocenters. The molecule has 0 amide bonds. The Bertz CT molecular complexity index is 380. The lowest BCUT2D eigenvalue weighted by molar-refractivity contribution is -0.115. The van der Waals surface area contributed by atoms with Crippen LogP contribution in [0.15, 0.2) is 0 Å². The average molecular weight is 255 g/mol. The molecular weight excluding hydrogens is 245 g/mol. The molecule has 90 valence electrons. The molecule has 0 aliphatic rings. The van der Waals surface area contributed by atoms with Crippen molar-refractivity contribution in [2.75, 3.05) is 24.2 Å². The second-order valence-corrected chi connectivity index (χ2v) is 3.39. The Morgan fingerprint density at radius 1 is 1.31 bits per heavy atom. The third-order valence-electron chi connectivity index (χ3n) is 1.77. The van der Waals surface area contributed by atoms with Gasteiger partial charge in [0.15, 0.2) is 0 Å². The lowest BCUT2D eigenvalue weighted by atomic mass is 10.3. The molecule has 2 N–H and O–H groups in total. The summed E-state index contributed by atoms with van der Waals surface area (Å²) in [7, 11) is 1.60. The van der Waals surface area contributed by atoms with Gasteiger partial charge in [-0.3, -0.25) is 0 Å². The number of halogens is 4. The van der Waals surface area contributed by atoms with Gasteiger partial charge in [0, 0.05) is 12.6 Å². The summed E-state index contributed by atoms with van der Waals surface area (Å²) in [5, 5.41) is 4.89. The van der Waals surface area contributed by atoms with Crippen LogP contribution in [-0.2, 0) is 0 Å². The molecule has 0 fully saturated rings. The molecule has 1 aromatic rings. The summed E-state index contributed by atoms with van der Waals surface area (Å²) >= 11 is 5.74. The van der Waals surface area contributed by atoms with E-state index in [0.717, 1.165) is 0 Å². The summed E-state index contributed by atoms with van der Waals surface area (Å²) in [5.41, 5.74) is 0.585. The lowest BCUT2D eigenvalue weighted by Crippen LogP contribution is -2.22. The number of rotatable bonds is 3. The van der Waals surface area contributed by atoms with Crippen molar-refractivity contribution in [3.8, 4) is 0 Å². The Morgan fingerprint density at radius 3 is 2.44 bits per heavy atom. The molecule has 1 aromatic heterocycles. The first kappa shape index (κ1) is 12.8.